The van der Waals surface area contributed by atoms with E-state index in [1.165, 1.54) is 24.8 Å². The van der Waals surface area contributed by atoms with Crippen molar-refractivity contribution in [3.8, 4) is 5.75 Å². The highest BCUT2D eigenvalue weighted by molar-refractivity contribution is 5.27. The summed E-state index contributed by atoms with van der Waals surface area (Å²) in [6, 6.07) is 8.45. The van der Waals surface area contributed by atoms with E-state index in [1.54, 1.807) is 0 Å². The van der Waals surface area contributed by atoms with Crippen LogP contribution in [0.1, 0.15) is 58.9 Å². The van der Waals surface area contributed by atoms with Crippen molar-refractivity contribution in [2.45, 2.75) is 65.5 Å². The van der Waals surface area contributed by atoms with E-state index in [1.807, 2.05) is 0 Å². The third kappa shape index (κ3) is 4.87. The zero-order chi connectivity index (χ0) is 14.1. The van der Waals surface area contributed by atoms with Crippen LogP contribution in [-0.4, -0.2) is 12.1 Å². The van der Waals surface area contributed by atoms with Gasteiger partial charge in [0.2, 0.25) is 0 Å². The molecule has 19 heavy (non-hydrogen) atoms. The number of rotatable bonds is 9. The fraction of sp³-hybridized carbons (Fsp3) is 0.647. The Hall–Kier alpha value is -1.02. The molecule has 0 fully saturated rings. The summed E-state index contributed by atoms with van der Waals surface area (Å²) >= 11 is 0. The van der Waals surface area contributed by atoms with E-state index in [-0.39, 0.29) is 5.54 Å². The zero-order valence-electron chi connectivity index (χ0n) is 13.0. The van der Waals surface area contributed by atoms with Crippen molar-refractivity contribution in [3.63, 3.8) is 0 Å². The molecular formula is C17H29NO. The summed E-state index contributed by atoms with van der Waals surface area (Å²) in [7, 11) is 0. The average molecular weight is 263 g/mol. The quantitative estimate of drug-likeness (QED) is 0.706. The first-order valence-electron chi connectivity index (χ1n) is 7.66. The molecule has 0 aromatic heterocycles. The third-order valence-corrected chi connectivity index (χ3v) is 4.09. The van der Waals surface area contributed by atoms with Gasteiger partial charge >= 0.3 is 0 Å². The lowest BCUT2D eigenvalue weighted by atomic mass is 9.89. The van der Waals surface area contributed by atoms with Crippen molar-refractivity contribution in [1.29, 1.82) is 0 Å². The maximum absolute atomic E-state index is 5.60. The Morgan fingerprint density at radius 1 is 0.947 bits per heavy atom. The molecule has 0 saturated heterocycles. The summed E-state index contributed by atoms with van der Waals surface area (Å²) in [5.41, 5.74) is 1.61. The van der Waals surface area contributed by atoms with Gasteiger partial charge in [-0.15, -0.1) is 0 Å². The highest BCUT2D eigenvalue weighted by Crippen LogP contribution is 2.20. The lowest BCUT2D eigenvalue weighted by molar-refractivity contribution is 0.288. The topological polar surface area (TPSA) is 21.3 Å². The maximum Gasteiger partial charge on any atom is 0.119 e. The number of benzene rings is 1. The van der Waals surface area contributed by atoms with Gasteiger partial charge in [-0.05, 0) is 43.4 Å². The van der Waals surface area contributed by atoms with Crippen molar-refractivity contribution < 1.29 is 4.74 Å². The number of hydrogen-bond donors (Lipinski definition) is 1. The molecule has 1 aromatic rings. The van der Waals surface area contributed by atoms with Gasteiger partial charge < -0.3 is 10.1 Å². The van der Waals surface area contributed by atoms with Gasteiger partial charge in [-0.2, -0.15) is 0 Å². The molecule has 0 amide bonds. The minimum absolute atomic E-state index is 0.289. The van der Waals surface area contributed by atoms with Gasteiger partial charge in [0.05, 0.1) is 6.61 Å². The van der Waals surface area contributed by atoms with E-state index in [0.29, 0.717) is 0 Å². The molecule has 0 bridgehead atoms. The van der Waals surface area contributed by atoms with Crippen LogP contribution in [0.25, 0.3) is 0 Å². The van der Waals surface area contributed by atoms with Gasteiger partial charge in [0.1, 0.15) is 5.75 Å². The van der Waals surface area contributed by atoms with Crippen LogP contribution in [0.3, 0.4) is 0 Å². The number of ether oxygens (including phenoxy) is 1. The SMILES string of the molecule is CCCOc1ccc(CNC(CC)(CC)CC)cc1. The lowest BCUT2D eigenvalue weighted by Crippen LogP contribution is -2.43. The Kier molecular flexibility index (Phi) is 6.93. The molecule has 0 saturated carbocycles. The molecular weight excluding hydrogens is 234 g/mol. The predicted molar refractivity (Wildman–Crippen MR) is 82.7 cm³/mol. The van der Waals surface area contributed by atoms with Crippen LogP contribution < -0.4 is 10.1 Å². The second-order valence-corrected chi connectivity index (χ2v) is 5.19. The third-order valence-electron chi connectivity index (χ3n) is 4.09. The van der Waals surface area contributed by atoms with E-state index in [0.717, 1.165) is 25.3 Å². The molecule has 0 aliphatic rings. The molecule has 1 rings (SSSR count). The normalized spacial score (nSPS) is 11.6. The number of hydrogen-bond acceptors (Lipinski definition) is 2. The van der Waals surface area contributed by atoms with Crippen molar-refractivity contribution in [2.24, 2.45) is 0 Å². The zero-order valence-corrected chi connectivity index (χ0v) is 13.0. The molecule has 0 aliphatic carbocycles. The van der Waals surface area contributed by atoms with Crippen LogP contribution in [0.2, 0.25) is 0 Å². The van der Waals surface area contributed by atoms with E-state index in [4.69, 9.17) is 4.74 Å². The van der Waals surface area contributed by atoms with Gasteiger partial charge in [-0.3, -0.25) is 0 Å². The smallest absolute Gasteiger partial charge is 0.119 e. The minimum atomic E-state index is 0.289. The summed E-state index contributed by atoms with van der Waals surface area (Å²) < 4.78 is 5.60. The highest BCUT2D eigenvalue weighted by Gasteiger charge is 2.22. The molecule has 0 aliphatic heterocycles. The summed E-state index contributed by atoms with van der Waals surface area (Å²) in [5, 5.41) is 3.72. The van der Waals surface area contributed by atoms with Gasteiger partial charge in [-0.25, -0.2) is 0 Å². The fourth-order valence-electron chi connectivity index (χ4n) is 2.34. The first-order chi connectivity index (χ1) is 9.19. The highest BCUT2D eigenvalue weighted by atomic mass is 16.5. The molecule has 0 heterocycles. The first kappa shape index (κ1) is 16.0. The van der Waals surface area contributed by atoms with E-state index < -0.39 is 0 Å². The summed E-state index contributed by atoms with van der Waals surface area (Å²) in [5.74, 6) is 0.971. The van der Waals surface area contributed by atoms with E-state index in [9.17, 15) is 0 Å². The Balaban J connectivity index is 2.53. The standard InChI is InChI=1S/C17H29NO/c1-5-13-19-16-11-9-15(10-12-16)14-18-17(6-2,7-3)8-4/h9-12,18H,5-8,13-14H2,1-4H3. The Labute approximate surface area is 118 Å². The molecule has 2 heteroatoms. The van der Waals surface area contributed by atoms with E-state index >= 15 is 0 Å². The summed E-state index contributed by atoms with van der Waals surface area (Å²) in [4.78, 5) is 0. The predicted octanol–water partition coefficient (Wildman–Crippen LogP) is 4.53. The van der Waals surface area contributed by atoms with Crippen molar-refractivity contribution >= 4 is 0 Å². The lowest BCUT2D eigenvalue weighted by Gasteiger charge is -2.32. The van der Waals surface area contributed by atoms with Crippen LogP contribution >= 0.6 is 0 Å². The van der Waals surface area contributed by atoms with Crippen molar-refractivity contribution in [3.05, 3.63) is 29.8 Å². The van der Waals surface area contributed by atoms with Gasteiger partial charge in [0.25, 0.3) is 0 Å². The summed E-state index contributed by atoms with van der Waals surface area (Å²) in [6.07, 6.45) is 4.59. The van der Waals surface area contributed by atoms with Crippen LogP contribution in [0.4, 0.5) is 0 Å². The monoisotopic (exact) mass is 263 g/mol. The molecule has 0 spiro atoms. The molecule has 1 N–H and O–H groups in total. The van der Waals surface area contributed by atoms with Crippen LogP contribution in [0.5, 0.6) is 5.75 Å². The Morgan fingerprint density at radius 3 is 2.00 bits per heavy atom. The molecule has 0 atom stereocenters. The summed E-state index contributed by atoms with van der Waals surface area (Å²) in [6.45, 7) is 10.6. The van der Waals surface area contributed by atoms with Crippen molar-refractivity contribution in [1.82, 2.24) is 5.32 Å². The van der Waals surface area contributed by atoms with Crippen LogP contribution in [0.15, 0.2) is 24.3 Å². The molecule has 108 valence electrons. The van der Waals surface area contributed by atoms with E-state index in [2.05, 4.69) is 57.3 Å². The molecule has 2 nitrogen and oxygen atoms in total. The second kappa shape index (κ2) is 8.21. The average Bonchev–Trinajstić information content (AvgIpc) is 2.48. The largest absolute Gasteiger partial charge is 0.494 e. The minimum Gasteiger partial charge on any atom is -0.494 e. The van der Waals surface area contributed by atoms with Crippen LogP contribution in [-0.2, 0) is 6.54 Å². The van der Waals surface area contributed by atoms with Gasteiger partial charge in [0, 0.05) is 12.1 Å². The molecule has 0 unspecified atom stereocenters. The fourth-order valence-corrected chi connectivity index (χ4v) is 2.34. The Morgan fingerprint density at radius 2 is 1.53 bits per heavy atom. The molecule has 1 aromatic carbocycles. The molecule has 0 radical (unpaired) electrons. The second-order valence-electron chi connectivity index (χ2n) is 5.19. The number of nitrogens with one attached hydrogen (secondary N) is 1. The van der Waals surface area contributed by atoms with Crippen LogP contribution in [0, 0.1) is 0 Å². The van der Waals surface area contributed by atoms with Gasteiger partial charge in [-0.1, -0.05) is 39.8 Å². The van der Waals surface area contributed by atoms with Gasteiger partial charge in [0.15, 0.2) is 0 Å². The van der Waals surface area contributed by atoms with Crippen molar-refractivity contribution in [2.75, 3.05) is 6.61 Å². The maximum atomic E-state index is 5.60. The Bertz CT molecular complexity index is 333. The first-order valence-corrected chi connectivity index (χ1v) is 7.66.